The van der Waals surface area contributed by atoms with E-state index < -0.39 is 26.6 Å². The van der Waals surface area contributed by atoms with Crippen LogP contribution >= 0.6 is 0 Å². The number of hydrogen-bond acceptors (Lipinski definition) is 4. The predicted molar refractivity (Wildman–Crippen MR) is 113 cm³/mol. The fourth-order valence-electron chi connectivity index (χ4n) is 3.65. The van der Waals surface area contributed by atoms with E-state index in [2.05, 4.69) is 10.0 Å². The van der Waals surface area contributed by atoms with E-state index in [1.807, 2.05) is 4.90 Å². The maximum atomic E-state index is 13.4. The van der Waals surface area contributed by atoms with Crippen LogP contribution in [0.25, 0.3) is 0 Å². The van der Waals surface area contributed by atoms with Gasteiger partial charge in [-0.1, -0.05) is 0 Å². The third-order valence-electron chi connectivity index (χ3n) is 5.67. The number of anilines is 1. The lowest BCUT2D eigenvalue weighted by atomic mass is 10.0. The fourth-order valence-corrected chi connectivity index (χ4v) is 4.72. The monoisotopic (exact) mass is 463 g/mol. The molecule has 2 aliphatic rings. The first-order valence-corrected chi connectivity index (χ1v) is 11.9. The van der Waals surface area contributed by atoms with Gasteiger partial charge < -0.3 is 10.2 Å². The largest absolute Gasteiger partial charge is 0.349 e. The Bertz CT molecular complexity index is 1130. The molecule has 0 aromatic heterocycles. The summed E-state index contributed by atoms with van der Waals surface area (Å²) >= 11 is 0. The van der Waals surface area contributed by atoms with Gasteiger partial charge in [0.2, 0.25) is 5.91 Å². The second-order valence-electron chi connectivity index (χ2n) is 8.11. The Morgan fingerprint density at radius 2 is 1.56 bits per heavy atom. The second-order valence-corrected chi connectivity index (χ2v) is 9.79. The summed E-state index contributed by atoms with van der Waals surface area (Å²) in [4.78, 5) is 26.1. The summed E-state index contributed by atoms with van der Waals surface area (Å²) in [7, 11) is -4.11. The van der Waals surface area contributed by atoms with Gasteiger partial charge in [0.25, 0.3) is 15.9 Å². The summed E-state index contributed by atoms with van der Waals surface area (Å²) < 4.78 is 53.4. The van der Waals surface area contributed by atoms with Gasteiger partial charge in [-0.15, -0.1) is 0 Å². The van der Waals surface area contributed by atoms with Gasteiger partial charge in [-0.3, -0.25) is 14.3 Å². The minimum absolute atomic E-state index is 0.0303. The Morgan fingerprint density at radius 3 is 2.16 bits per heavy atom. The van der Waals surface area contributed by atoms with Crippen molar-refractivity contribution >= 4 is 27.5 Å². The third-order valence-corrected chi connectivity index (χ3v) is 7.05. The van der Waals surface area contributed by atoms with Crippen molar-refractivity contribution in [3.63, 3.8) is 0 Å². The highest BCUT2D eigenvalue weighted by Gasteiger charge is 2.35. The first kappa shape index (κ1) is 22.2. The molecule has 0 radical (unpaired) electrons. The van der Waals surface area contributed by atoms with Crippen molar-refractivity contribution in [1.29, 1.82) is 0 Å². The molecule has 170 valence electrons. The van der Waals surface area contributed by atoms with E-state index in [1.54, 1.807) is 0 Å². The van der Waals surface area contributed by atoms with Gasteiger partial charge in [-0.2, -0.15) is 0 Å². The predicted octanol–water partition coefficient (Wildman–Crippen LogP) is 2.90. The standard InChI is InChI=1S/C22H23F2N3O4S/c23-19-8-7-18(13-20(19)24)32(30,31)26-17-5-3-14(4-6-17)21(28)25-16-9-11-27(12-10-16)22(29)15-1-2-15/h3-8,13,15-16,26H,1-2,9-12H2,(H,25,28). The summed E-state index contributed by atoms with van der Waals surface area (Å²) in [5.74, 6) is -2.27. The smallest absolute Gasteiger partial charge is 0.261 e. The number of hydrogen-bond donors (Lipinski definition) is 2. The van der Waals surface area contributed by atoms with E-state index in [4.69, 9.17) is 0 Å². The van der Waals surface area contributed by atoms with Crippen LogP contribution in [0.15, 0.2) is 47.4 Å². The molecule has 2 N–H and O–H groups in total. The number of amides is 2. The van der Waals surface area contributed by atoms with E-state index in [0.717, 1.165) is 25.0 Å². The molecule has 1 aliphatic carbocycles. The molecule has 1 aliphatic heterocycles. The van der Waals surface area contributed by atoms with Crippen LogP contribution in [0, 0.1) is 17.6 Å². The van der Waals surface area contributed by atoms with Gasteiger partial charge in [0.05, 0.1) is 4.90 Å². The zero-order valence-corrected chi connectivity index (χ0v) is 18.0. The fraction of sp³-hybridized carbons (Fsp3) is 0.364. The van der Waals surface area contributed by atoms with E-state index in [1.165, 1.54) is 24.3 Å². The Balaban J connectivity index is 1.32. The number of sulfonamides is 1. The van der Waals surface area contributed by atoms with Crippen molar-refractivity contribution in [2.45, 2.75) is 36.6 Å². The average Bonchev–Trinajstić information content (AvgIpc) is 3.61. The molecule has 0 spiro atoms. The number of piperidine rings is 1. The van der Waals surface area contributed by atoms with Gasteiger partial charge in [-0.25, -0.2) is 17.2 Å². The van der Waals surface area contributed by atoms with E-state index >= 15 is 0 Å². The molecule has 2 aromatic carbocycles. The van der Waals surface area contributed by atoms with E-state index in [0.29, 0.717) is 37.6 Å². The summed E-state index contributed by atoms with van der Waals surface area (Å²) in [6, 6.07) is 8.07. The Kier molecular flexibility index (Phi) is 6.14. The lowest BCUT2D eigenvalue weighted by Gasteiger charge is -2.32. The van der Waals surface area contributed by atoms with Crippen LogP contribution in [0.4, 0.5) is 14.5 Å². The number of benzene rings is 2. The van der Waals surface area contributed by atoms with Crippen LogP contribution in [-0.2, 0) is 14.8 Å². The quantitative estimate of drug-likeness (QED) is 0.689. The zero-order valence-electron chi connectivity index (χ0n) is 17.2. The molecule has 32 heavy (non-hydrogen) atoms. The number of carbonyl (C=O) groups excluding carboxylic acids is 2. The summed E-state index contributed by atoms with van der Waals surface area (Å²) in [5.41, 5.74) is 0.537. The van der Waals surface area contributed by atoms with Crippen molar-refractivity contribution < 1.29 is 26.8 Å². The summed E-state index contributed by atoms with van der Waals surface area (Å²) in [6.45, 7) is 1.26. The molecule has 2 aromatic rings. The van der Waals surface area contributed by atoms with Crippen LogP contribution in [0.5, 0.6) is 0 Å². The van der Waals surface area contributed by atoms with Crippen LogP contribution in [0.3, 0.4) is 0 Å². The second kappa shape index (κ2) is 8.85. The van der Waals surface area contributed by atoms with Crippen molar-refractivity contribution in [2.75, 3.05) is 17.8 Å². The molecule has 0 atom stereocenters. The molecule has 7 nitrogen and oxygen atoms in total. The lowest BCUT2D eigenvalue weighted by Crippen LogP contribution is -2.47. The first-order valence-electron chi connectivity index (χ1n) is 10.4. The number of nitrogens with one attached hydrogen (secondary N) is 2. The number of carbonyl (C=O) groups is 2. The maximum absolute atomic E-state index is 13.4. The topological polar surface area (TPSA) is 95.6 Å². The van der Waals surface area contributed by atoms with Gasteiger partial charge in [0.1, 0.15) is 0 Å². The molecule has 0 unspecified atom stereocenters. The number of likely N-dealkylation sites (tertiary alicyclic amines) is 1. The van der Waals surface area contributed by atoms with E-state index in [-0.39, 0.29) is 29.5 Å². The molecule has 2 amide bonds. The normalized spacial score (nSPS) is 17.1. The molecule has 1 saturated carbocycles. The highest BCUT2D eigenvalue weighted by Crippen LogP contribution is 2.32. The minimum Gasteiger partial charge on any atom is -0.349 e. The van der Waals surface area contributed by atoms with Crippen molar-refractivity contribution in [3.8, 4) is 0 Å². The molecular formula is C22H23F2N3O4S. The summed E-state index contributed by atoms with van der Waals surface area (Å²) in [5, 5.41) is 2.95. The van der Waals surface area contributed by atoms with Gasteiger partial charge in [0, 0.05) is 36.3 Å². The molecular weight excluding hydrogens is 440 g/mol. The van der Waals surface area contributed by atoms with Crippen LogP contribution < -0.4 is 10.0 Å². The van der Waals surface area contributed by atoms with Crippen molar-refractivity contribution in [1.82, 2.24) is 10.2 Å². The Hall–Kier alpha value is -3.01. The zero-order chi connectivity index (χ0) is 22.9. The molecule has 10 heteroatoms. The first-order chi connectivity index (χ1) is 15.2. The Labute approximate surface area is 184 Å². The molecule has 1 heterocycles. The number of rotatable bonds is 6. The van der Waals surface area contributed by atoms with E-state index in [9.17, 15) is 26.8 Å². The third kappa shape index (κ3) is 5.07. The minimum atomic E-state index is -4.11. The molecule has 1 saturated heterocycles. The molecule has 4 rings (SSSR count). The van der Waals surface area contributed by atoms with Crippen molar-refractivity contribution in [2.24, 2.45) is 5.92 Å². The number of nitrogens with zero attached hydrogens (tertiary/aromatic N) is 1. The maximum Gasteiger partial charge on any atom is 0.261 e. The highest BCUT2D eigenvalue weighted by atomic mass is 32.2. The van der Waals surface area contributed by atoms with Crippen molar-refractivity contribution in [3.05, 3.63) is 59.7 Å². The number of halogens is 2. The van der Waals surface area contributed by atoms with Crippen LogP contribution in [0.1, 0.15) is 36.0 Å². The van der Waals surface area contributed by atoms with Gasteiger partial charge in [0.15, 0.2) is 11.6 Å². The highest BCUT2D eigenvalue weighted by molar-refractivity contribution is 7.92. The average molecular weight is 464 g/mol. The molecule has 2 fully saturated rings. The van der Waals surface area contributed by atoms with Gasteiger partial charge in [-0.05, 0) is 68.1 Å². The van der Waals surface area contributed by atoms with Gasteiger partial charge >= 0.3 is 0 Å². The lowest BCUT2D eigenvalue weighted by molar-refractivity contribution is -0.133. The summed E-state index contributed by atoms with van der Waals surface area (Å²) in [6.07, 6.45) is 3.33. The SMILES string of the molecule is O=C(NC1CCN(C(=O)C2CC2)CC1)c1ccc(NS(=O)(=O)c2ccc(F)c(F)c2)cc1. The van der Waals surface area contributed by atoms with Crippen LogP contribution in [0.2, 0.25) is 0 Å². The Morgan fingerprint density at radius 1 is 0.906 bits per heavy atom. The van der Waals surface area contributed by atoms with Crippen LogP contribution in [-0.4, -0.2) is 44.3 Å². The molecule has 0 bridgehead atoms.